The predicted octanol–water partition coefficient (Wildman–Crippen LogP) is 2.03. The van der Waals surface area contributed by atoms with Crippen LogP contribution in [0.5, 0.6) is 5.75 Å². The van der Waals surface area contributed by atoms with Gasteiger partial charge in [-0.25, -0.2) is 4.79 Å². The number of hydrogen-bond acceptors (Lipinski definition) is 3. The average Bonchev–Trinajstić information content (AvgIpc) is 2.95. The van der Waals surface area contributed by atoms with Crippen molar-refractivity contribution in [3.05, 3.63) is 12.4 Å². The van der Waals surface area contributed by atoms with E-state index in [-0.39, 0.29) is 0 Å². The van der Waals surface area contributed by atoms with Crippen LogP contribution in [0.25, 0.3) is 0 Å². The lowest BCUT2D eigenvalue weighted by atomic mass is 9.74. The SMILES string of the molecule is COc1cnn(C2(C(=O)O)CCC3(CC3)CC2)c1. The summed E-state index contributed by atoms with van der Waals surface area (Å²) in [4.78, 5) is 11.7. The van der Waals surface area contributed by atoms with E-state index < -0.39 is 11.5 Å². The molecule has 1 heterocycles. The van der Waals surface area contributed by atoms with Gasteiger partial charge >= 0.3 is 5.97 Å². The van der Waals surface area contributed by atoms with Crippen LogP contribution in [0.15, 0.2) is 12.4 Å². The van der Waals surface area contributed by atoms with Gasteiger partial charge in [0, 0.05) is 0 Å². The molecule has 1 N–H and O–H groups in total. The van der Waals surface area contributed by atoms with Gasteiger partial charge in [-0.1, -0.05) is 0 Å². The van der Waals surface area contributed by atoms with E-state index in [4.69, 9.17) is 4.74 Å². The second-order valence-corrected chi connectivity index (χ2v) is 5.66. The molecule has 1 aromatic heterocycles. The standard InChI is InChI=1S/C13H18N2O3/c1-18-10-8-14-15(9-10)13(11(16)17)6-4-12(2-3-12)5-7-13/h8-9H,2-7H2,1H3,(H,16,17). The molecule has 0 saturated heterocycles. The maximum absolute atomic E-state index is 11.7. The highest BCUT2D eigenvalue weighted by Gasteiger charge is 2.53. The zero-order valence-electron chi connectivity index (χ0n) is 10.6. The summed E-state index contributed by atoms with van der Waals surface area (Å²) in [6.45, 7) is 0. The zero-order valence-corrected chi connectivity index (χ0v) is 10.6. The lowest BCUT2D eigenvalue weighted by molar-refractivity contribution is -0.151. The van der Waals surface area contributed by atoms with Gasteiger partial charge in [0.2, 0.25) is 0 Å². The van der Waals surface area contributed by atoms with E-state index in [0.29, 0.717) is 24.0 Å². The van der Waals surface area contributed by atoms with Gasteiger partial charge in [0.15, 0.2) is 11.3 Å². The number of nitrogens with zero attached hydrogens (tertiary/aromatic N) is 2. The molecule has 5 heteroatoms. The Hall–Kier alpha value is -1.52. The number of rotatable bonds is 3. The number of ether oxygens (including phenoxy) is 1. The number of carbonyl (C=O) groups is 1. The van der Waals surface area contributed by atoms with Crippen molar-refractivity contribution in [1.82, 2.24) is 9.78 Å². The van der Waals surface area contributed by atoms with Crippen LogP contribution < -0.4 is 4.74 Å². The lowest BCUT2D eigenvalue weighted by Crippen LogP contribution is -2.45. The Morgan fingerprint density at radius 1 is 1.33 bits per heavy atom. The summed E-state index contributed by atoms with van der Waals surface area (Å²) < 4.78 is 6.67. The molecule has 1 aromatic rings. The van der Waals surface area contributed by atoms with Crippen molar-refractivity contribution in [3.8, 4) is 5.75 Å². The Kier molecular flexibility index (Phi) is 2.40. The molecule has 0 amide bonds. The first-order chi connectivity index (χ1) is 8.60. The molecule has 2 aliphatic rings. The number of methoxy groups -OCH3 is 1. The summed E-state index contributed by atoms with van der Waals surface area (Å²) in [5.41, 5.74) is -0.402. The third-order valence-corrected chi connectivity index (χ3v) is 4.73. The molecular formula is C13H18N2O3. The van der Waals surface area contributed by atoms with Crippen LogP contribution in [0.2, 0.25) is 0 Å². The number of aromatic nitrogens is 2. The summed E-state index contributed by atoms with van der Waals surface area (Å²) in [5, 5.41) is 13.8. The normalized spacial score (nSPS) is 23.8. The zero-order chi connectivity index (χ0) is 12.8. The maximum Gasteiger partial charge on any atom is 0.331 e. The first-order valence-electron chi connectivity index (χ1n) is 6.43. The Labute approximate surface area is 106 Å². The summed E-state index contributed by atoms with van der Waals surface area (Å²) >= 11 is 0. The van der Waals surface area contributed by atoms with E-state index in [1.807, 2.05) is 0 Å². The van der Waals surface area contributed by atoms with Crippen molar-refractivity contribution in [2.45, 2.75) is 44.1 Å². The minimum Gasteiger partial charge on any atom is -0.493 e. The highest BCUT2D eigenvalue weighted by atomic mass is 16.5. The van der Waals surface area contributed by atoms with Crippen molar-refractivity contribution in [2.24, 2.45) is 5.41 Å². The van der Waals surface area contributed by atoms with Gasteiger partial charge in [-0.3, -0.25) is 4.68 Å². The van der Waals surface area contributed by atoms with Crippen molar-refractivity contribution in [3.63, 3.8) is 0 Å². The van der Waals surface area contributed by atoms with Gasteiger partial charge in [-0.05, 0) is 43.9 Å². The quantitative estimate of drug-likeness (QED) is 0.891. The molecule has 0 bridgehead atoms. The van der Waals surface area contributed by atoms with E-state index in [0.717, 1.165) is 12.8 Å². The van der Waals surface area contributed by atoms with Crippen molar-refractivity contribution >= 4 is 5.97 Å². The smallest absolute Gasteiger partial charge is 0.331 e. The molecule has 0 atom stereocenters. The molecule has 2 fully saturated rings. The fourth-order valence-corrected chi connectivity index (χ4v) is 3.06. The first-order valence-corrected chi connectivity index (χ1v) is 6.43. The third kappa shape index (κ3) is 1.61. The number of aliphatic carboxylic acids is 1. The molecule has 0 aromatic carbocycles. The molecule has 0 aliphatic heterocycles. The molecule has 18 heavy (non-hydrogen) atoms. The largest absolute Gasteiger partial charge is 0.493 e. The molecule has 0 radical (unpaired) electrons. The summed E-state index contributed by atoms with van der Waals surface area (Å²) in [5.74, 6) is -0.161. The number of hydrogen-bond donors (Lipinski definition) is 1. The van der Waals surface area contributed by atoms with Gasteiger partial charge in [0.25, 0.3) is 0 Å². The van der Waals surface area contributed by atoms with Gasteiger partial charge in [-0.2, -0.15) is 5.10 Å². The van der Waals surface area contributed by atoms with Gasteiger partial charge < -0.3 is 9.84 Å². The maximum atomic E-state index is 11.7. The van der Waals surface area contributed by atoms with E-state index in [1.165, 1.54) is 12.8 Å². The predicted molar refractivity (Wildman–Crippen MR) is 64.5 cm³/mol. The molecular weight excluding hydrogens is 232 g/mol. The Balaban J connectivity index is 1.89. The Bertz CT molecular complexity index is 466. The van der Waals surface area contributed by atoms with Crippen molar-refractivity contribution < 1.29 is 14.6 Å². The van der Waals surface area contributed by atoms with Crippen molar-refractivity contribution in [1.29, 1.82) is 0 Å². The van der Waals surface area contributed by atoms with Crippen LogP contribution in [0.4, 0.5) is 0 Å². The highest BCUT2D eigenvalue weighted by Crippen LogP contribution is 2.59. The van der Waals surface area contributed by atoms with Gasteiger partial charge in [0.1, 0.15) is 0 Å². The van der Waals surface area contributed by atoms with Crippen LogP contribution in [-0.2, 0) is 10.3 Å². The summed E-state index contributed by atoms with van der Waals surface area (Å²) in [7, 11) is 1.56. The van der Waals surface area contributed by atoms with Gasteiger partial charge in [0.05, 0.1) is 19.5 Å². The number of carboxylic acids is 1. The molecule has 1 spiro atoms. The molecule has 3 rings (SSSR count). The van der Waals surface area contributed by atoms with Crippen LogP contribution in [-0.4, -0.2) is 28.0 Å². The highest BCUT2D eigenvalue weighted by molar-refractivity contribution is 5.76. The van der Waals surface area contributed by atoms with Crippen LogP contribution >= 0.6 is 0 Å². The molecule has 5 nitrogen and oxygen atoms in total. The van der Waals surface area contributed by atoms with E-state index in [9.17, 15) is 9.90 Å². The second-order valence-electron chi connectivity index (χ2n) is 5.66. The fourth-order valence-electron chi connectivity index (χ4n) is 3.06. The monoisotopic (exact) mass is 250 g/mol. The lowest BCUT2D eigenvalue weighted by Gasteiger charge is -2.37. The molecule has 2 saturated carbocycles. The topological polar surface area (TPSA) is 64.4 Å². The van der Waals surface area contributed by atoms with Crippen LogP contribution in [0.3, 0.4) is 0 Å². The second kappa shape index (κ2) is 3.73. The third-order valence-electron chi connectivity index (χ3n) is 4.73. The van der Waals surface area contributed by atoms with Gasteiger partial charge in [-0.15, -0.1) is 0 Å². The Morgan fingerprint density at radius 3 is 2.39 bits per heavy atom. The molecule has 0 unspecified atom stereocenters. The van der Waals surface area contributed by atoms with E-state index in [2.05, 4.69) is 5.10 Å². The van der Waals surface area contributed by atoms with E-state index in [1.54, 1.807) is 24.2 Å². The van der Waals surface area contributed by atoms with Crippen molar-refractivity contribution in [2.75, 3.05) is 7.11 Å². The average molecular weight is 250 g/mol. The fraction of sp³-hybridized carbons (Fsp3) is 0.692. The molecule has 2 aliphatic carbocycles. The Morgan fingerprint density at radius 2 is 1.94 bits per heavy atom. The minimum atomic E-state index is -0.870. The minimum absolute atomic E-state index is 0.468. The van der Waals surface area contributed by atoms with Crippen LogP contribution in [0, 0.1) is 5.41 Å². The number of carboxylic acid groups (broad SMARTS) is 1. The van der Waals surface area contributed by atoms with E-state index >= 15 is 0 Å². The summed E-state index contributed by atoms with van der Waals surface area (Å²) in [6.07, 6.45) is 9.16. The molecule has 98 valence electrons. The summed E-state index contributed by atoms with van der Waals surface area (Å²) in [6, 6.07) is 0. The van der Waals surface area contributed by atoms with Crippen LogP contribution in [0.1, 0.15) is 38.5 Å². The first kappa shape index (κ1) is 11.6.